The zero-order chi connectivity index (χ0) is 21.0. The second-order valence-electron chi connectivity index (χ2n) is 6.67. The third kappa shape index (κ3) is 5.35. The van der Waals surface area contributed by atoms with E-state index in [1.165, 1.54) is 18.4 Å². The van der Waals surface area contributed by atoms with Crippen LogP contribution in [0.1, 0.15) is 16.9 Å². The fourth-order valence-corrected chi connectivity index (χ4v) is 4.62. The highest BCUT2D eigenvalue weighted by Crippen LogP contribution is 2.22. The average Bonchev–Trinajstić information content (AvgIpc) is 3.17. The Morgan fingerprint density at radius 3 is 2.45 bits per heavy atom. The molecule has 0 radical (unpaired) electrons. The SMILES string of the molecule is Cc1ccc(S(=O)(=O)N(CC(=O)Nc2ccc(Br)cc2C)Cc2ccco2)cc1. The summed E-state index contributed by atoms with van der Waals surface area (Å²) in [6, 6.07) is 15.3. The standard InChI is InChI=1S/C21H21BrN2O4S/c1-15-5-8-19(9-6-15)29(26,27)24(13-18-4-3-11-28-18)14-21(25)23-20-10-7-17(22)12-16(20)2/h3-12H,13-14H2,1-2H3,(H,23,25). The number of hydrogen-bond acceptors (Lipinski definition) is 4. The molecule has 0 aliphatic rings. The summed E-state index contributed by atoms with van der Waals surface area (Å²) in [5, 5.41) is 2.78. The number of sulfonamides is 1. The molecule has 3 rings (SSSR count). The predicted octanol–water partition coefficient (Wildman–Crippen LogP) is 4.49. The average molecular weight is 477 g/mol. The van der Waals surface area contributed by atoms with Crippen LogP contribution < -0.4 is 5.32 Å². The second kappa shape index (κ2) is 8.94. The highest BCUT2D eigenvalue weighted by atomic mass is 79.9. The number of carbonyl (C=O) groups is 1. The topological polar surface area (TPSA) is 79.6 Å². The van der Waals surface area contributed by atoms with Crippen LogP contribution in [0.15, 0.2) is 74.6 Å². The van der Waals surface area contributed by atoms with Crippen molar-refractivity contribution in [1.82, 2.24) is 4.31 Å². The minimum atomic E-state index is -3.89. The Labute approximate surface area is 178 Å². The van der Waals surface area contributed by atoms with E-state index in [1.807, 2.05) is 26.0 Å². The molecule has 0 atom stereocenters. The lowest BCUT2D eigenvalue weighted by Crippen LogP contribution is -2.37. The van der Waals surface area contributed by atoms with Crippen molar-refractivity contribution in [3.05, 3.63) is 82.2 Å². The van der Waals surface area contributed by atoms with Gasteiger partial charge in [0.25, 0.3) is 0 Å². The predicted molar refractivity (Wildman–Crippen MR) is 115 cm³/mol. The van der Waals surface area contributed by atoms with Crippen LogP contribution >= 0.6 is 15.9 Å². The smallest absolute Gasteiger partial charge is 0.243 e. The first-order chi connectivity index (χ1) is 13.8. The number of halogens is 1. The van der Waals surface area contributed by atoms with E-state index < -0.39 is 15.9 Å². The molecule has 0 spiro atoms. The Kier molecular flexibility index (Phi) is 6.56. The van der Waals surface area contributed by atoms with E-state index in [9.17, 15) is 13.2 Å². The number of nitrogens with zero attached hydrogens (tertiary/aromatic N) is 1. The van der Waals surface area contributed by atoms with Gasteiger partial charge in [-0.2, -0.15) is 4.31 Å². The van der Waals surface area contributed by atoms with Crippen LogP contribution in [0, 0.1) is 13.8 Å². The van der Waals surface area contributed by atoms with E-state index in [-0.39, 0.29) is 18.0 Å². The Morgan fingerprint density at radius 1 is 1.10 bits per heavy atom. The Bertz CT molecular complexity index is 1090. The monoisotopic (exact) mass is 476 g/mol. The number of aryl methyl sites for hydroxylation is 2. The lowest BCUT2D eigenvalue weighted by Gasteiger charge is -2.21. The Hall–Kier alpha value is -2.42. The number of anilines is 1. The first-order valence-corrected chi connectivity index (χ1v) is 11.1. The molecule has 3 aromatic rings. The van der Waals surface area contributed by atoms with Crippen LogP contribution in [0.25, 0.3) is 0 Å². The molecule has 6 nitrogen and oxygen atoms in total. The fourth-order valence-electron chi connectivity index (χ4n) is 2.78. The molecule has 0 bridgehead atoms. The van der Waals surface area contributed by atoms with Crippen LogP contribution in [0.4, 0.5) is 5.69 Å². The van der Waals surface area contributed by atoms with Gasteiger partial charge in [-0.1, -0.05) is 33.6 Å². The normalized spacial score (nSPS) is 11.6. The first kappa shape index (κ1) is 21.3. The summed E-state index contributed by atoms with van der Waals surface area (Å²) in [7, 11) is -3.89. The molecule has 0 saturated heterocycles. The molecular weight excluding hydrogens is 456 g/mol. The summed E-state index contributed by atoms with van der Waals surface area (Å²) in [4.78, 5) is 12.8. The number of nitrogens with one attached hydrogen (secondary N) is 1. The van der Waals surface area contributed by atoms with Gasteiger partial charge in [-0.3, -0.25) is 4.79 Å². The van der Waals surface area contributed by atoms with Crippen molar-refractivity contribution in [3.63, 3.8) is 0 Å². The van der Waals surface area contributed by atoms with E-state index in [0.717, 1.165) is 19.9 Å². The van der Waals surface area contributed by atoms with Crippen LogP contribution in [-0.4, -0.2) is 25.2 Å². The molecule has 0 aliphatic carbocycles. The van der Waals surface area contributed by atoms with Crippen LogP contribution in [-0.2, 0) is 21.4 Å². The third-order valence-corrected chi connectivity index (χ3v) is 6.65. The van der Waals surface area contributed by atoms with Crippen LogP contribution in [0.2, 0.25) is 0 Å². The maximum Gasteiger partial charge on any atom is 0.243 e. The van der Waals surface area contributed by atoms with Gasteiger partial charge in [0.15, 0.2) is 0 Å². The van der Waals surface area contributed by atoms with Gasteiger partial charge >= 0.3 is 0 Å². The molecule has 0 unspecified atom stereocenters. The van der Waals surface area contributed by atoms with Gasteiger partial charge in [0, 0.05) is 10.2 Å². The van der Waals surface area contributed by atoms with Gasteiger partial charge < -0.3 is 9.73 Å². The highest BCUT2D eigenvalue weighted by molar-refractivity contribution is 9.10. The molecule has 1 aromatic heterocycles. The molecular formula is C21H21BrN2O4S. The molecule has 0 aliphatic heterocycles. The van der Waals surface area contributed by atoms with E-state index in [0.29, 0.717) is 11.4 Å². The first-order valence-electron chi connectivity index (χ1n) is 8.91. The van der Waals surface area contributed by atoms with Crippen LogP contribution in [0.3, 0.4) is 0 Å². The maximum absolute atomic E-state index is 13.2. The van der Waals surface area contributed by atoms with Crippen molar-refractivity contribution >= 4 is 37.5 Å². The van der Waals surface area contributed by atoms with Crippen molar-refractivity contribution in [3.8, 4) is 0 Å². The van der Waals surface area contributed by atoms with E-state index in [4.69, 9.17) is 4.42 Å². The van der Waals surface area contributed by atoms with Gasteiger partial charge in [0.2, 0.25) is 15.9 Å². The summed E-state index contributed by atoms with van der Waals surface area (Å²) in [6.45, 7) is 3.36. The lowest BCUT2D eigenvalue weighted by atomic mass is 10.2. The summed E-state index contributed by atoms with van der Waals surface area (Å²) >= 11 is 3.38. The second-order valence-corrected chi connectivity index (χ2v) is 9.53. The van der Waals surface area contributed by atoms with Crippen molar-refractivity contribution in [2.45, 2.75) is 25.3 Å². The molecule has 0 saturated carbocycles. The summed E-state index contributed by atoms with van der Waals surface area (Å²) in [6.07, 6.45) is 1.47. The molecule has 1 N–H and O–H groups in total. The minimum absolute atomic E-state index is 0.0457. The molecule has 29 heavy (non-hydrogen) atoms. The van der Waals surface area contributed by atoms with Gasteiger partial charge in [-0.25, -0.2) is 8.42 Å². The number of benzene rings is 2. The van der Waals surface area contributed by atoms with Crippen molar-refractivity contribution in [1.29, 1.82) is 0 Å². The zero-order valence-corrected chi connectivity index (χ0v) is 18.5. The fraction of sp³-hybridized carbons (Fsp3) is 0.190. The van der Waals surface area contributed by atoms with Crippen molar-refractivity contribution in [2.75, 3.05) is 11.9 Å². The van der Waals surface area contributed by atoms with Gasteiger partial charge in [0.1, 0.15) is 5.76 Å². The summed E-state index contributed by atoms with van der Waals surface area (Å²) in [5.41, 5.74) is 2.44. The number of carbonyl (C=O) groups excluding carboxylic acids is 1. The quantitative estimate of drug-likeness (QED) is 0.544. The Morgan fingerprint density at radius 2 is 1.83 bits per heavy atom. The number of furan rings is 1. The molecule has 152 valence electrons. The van der Waals surface area contributed by atoms with E-state index in [1.54, 1.807) is 30.3 Å². The van der Waals surface area contributed by atoms with Gasteiger partial charge in [-0.15, -0.1) is 0 Å². The lowest BCUT2D eigenvalue weighted by molar-refractivity contribution is -0.116. The maximum atomic E-state index is 13.2. The van der Waals surface area contributed by atoms with E-state index in [2.05, 4.69) is 21.2 Å². The summed E-state index contributed by atoms with van der Waals surface area (Å²) < 4.78 is 33.6. The highest BCUT2D eigenvalue weighted by Gasteiger charge is 2.28. The zero-order valence-electron chi connectivity index (χ0n) is 16.1. The molecule has 2 aromatic carbocycles. The number of rotatable bonds is 7. The van der Waals surface area contributed by atoms with Gasteiger partial charge in [0.05, 0.1) is 24.2 Å². The Balaban J connectivity index is 1.85. The molecule has 1 heterocycles. The van der Waals surface area contributed by atoms with Crippen LogP contribution in [0.5, 0.6) is 0 Å². The number of hydrogen-bond donors (Lipinski definition) is 1. The number of amides is 1. The molecule has 0 fully saturated rings. The van der Waals surface area contributed by atoms with Crippen molar-refractivity contribution < 1.29 is 17.6 Å². The summed E-state index contributed by atoms with van der Waals surface area (Å²) in [5.74, 6) is 0.0194. The molecule has 1 amide bonds. The largest absolute Gasteiger partial charge is 0.468 e. The van der Waals surface area contributed by atoms with E-state index >= 15 is 0 Å². The van der Waals surface area contributed by atoms with Gasteiger partial charge in [-0.05, 0) is 61.9 Å². The van der Waals surface area contributed by atoms with Crippen molar-refractivity contribution in [2.24, 2.45) is 0 Å². The third-order valence-electron chi connectivity index (χ3n) is 4.35. The minimum Gasteiger partial charge on any atom is -0.468 e. The molecule has 8 heteroatoms.